The number of ketones is 1. The smallest absolute Gasteiger partial charge is 0.331 e. The lowest BCUT2D eigenvalue weighted by molar-refractivity contribution is -0.136. The number of fused-ring (bicyclic) bond motifs is 1. The number of esters is 1. The van der Waals surface area contributed by atoms with Crippen LogP contribution in [0.5, 0.6) is 5.75 Å². The third-order valence-corrected chi connectivity index (χ3v) is 3.74. The number of carbonyl (C=O) groups is 2. The summed E-state index contributed by atoms with van der Waals surface area (Å²) >= 11 is 0. The molecular formula is C20H17NO4. The molecule has 2 aromatic carbocycles. The molecule has 0 saturated carbocycles. The van der Waals surface area contributed by atoms with E-state index in [-0.39, 0.29) is 12.4 Å². The monoisotopic (exact) mass is 335 g/mol. The predicted octanol–water partition coefficient (Wildman–Crippen LogP) is 3.62. The summed E-state index contributed by atoms with van der Waals surface area (Å²) in [7, 11) is 1.58. The summed E-state index contributed by atoms with van der Waals surface area (Å²) in [6.45, 7) is -0.302. The molecule has 0 unspecified atom stereocenters. The number of hydrogen-bond donors (Lipinski definition) is 1. The van der Waals surface area contributed by atoms with Crippen molar-refractivity contribution in [2.45, 2.75) is 0 Å². The zero-order valence-electron chi connectivity index (χ0n) is 13.7. The van der Waals surface area contributed by atoms with Crippen LogP contribution in [0.1, 0.15) is 15.9 Å². The first-order valence-electron chi connectivity index (χ1n) is 7.75. The molecule has 1 heterocycles. The first-order chi connectivity index (χ1) is 12.2. The Hall–Kier alpha value is -3.34. The fourth-order valence-corrected chi connectivity index (χ4v) is 2.47. The van der Waals surface area contributed by atoms with Crippen LogP contribution in [0.25, 0.3) is 17.0 Å². The lowest BCUT2D eigenvalue weighted by atomic mass is 10.1. The van der Waals surface area contributed by atoms with Crippen LogP contribution in [0.3, 0.4) is 0 Å². The minimum Gasteiger partial charge on any atom is -0.497 e. The average molecular weight is 335 g/mol. The van der Waals surface area contributed by atoms with E-state index in [0.29, 0.717) is 11.3 Å². The quantitative estimate of drug-likeness (QED) is 0.424. The van der Waals surface area contributed by atoms with Gasteiger partial charge in [-0.05, 0) is 29.8 Å². The summed E-state index contributed by atoms with van der Waals surface area (Å²) in [5.41, 5.74) is 2.19. The van der Waals surface area contributed by atoms with E-state index in [2.05, 4.69) is 4.98 Å². The number of nitrogens with one attached hydrogen (secondary N) is 1. The molecule has 1 N–H and O–H groups in total. The number of benzene rings is 2. The molecule has 0 aliphatic heterocycles. The molecule has 126 valence electrons. The first kappa shape index (κ1) is 16.5. The average Bonchev–Trinajstić information content (AvgIpc) is 3.09. The van der Waals surface area contributed by atoms with Gasteiger partial charge in [-0.3, -0.25) is 4.79 Å². The minimum absolute atomic E-state index is 0.249. The van der Waals surface area contributed by atoms with Crippen LogP contribution in [0, 0.1) is 0 Å². The number of Topliss-reactive ketones (excluding diaryl/α,β-unsaturated/α-hetero) is 1. The Bertz CT molecular complexity index is 940. The largest absolute Gasteiger partial charge is 0.497 e. The maximum atomic E-state index is 12.2. The Morgan fingerprint density at radius 3 is 2.80 bits per heavy atom. The molecule has 3 rings (SSSR count). The molecule has 0 aliphatic carbocycles. The van der Waals surface area contributed by atoms with Crippen LogP contribution in [0.15, 0.2) is 60.8 Å². The van der Waals surface area contributed by atoms with Crippen molar-refractivity contribution < 1.29 is 19.1 Å². The zero-order chi connectivity index (χ0) is 17.6. The molecular weight excluding hydrogens is 318 g/mol. The van der Waals surface area contributed by atoms with Crippen molar-refractivity contribution in [1.82, 2.24) is 4.98 Å². The maximum Gasteiger partial charge on any atom is 0.331 e. The van der Waals surface area contributed by atoms with Gasteiger partial charge in [0.25, 0.3) is 0 Å². The van der Waals surface area contributed by atoms with Crippen molar-refractivity contribution in [2.75, 3.05) is 13.7 Å². The van der Waals surface area contributed by atoms with E-state index in [4.69, 9.17) is 9.47 Å². The van der Waals surface area contributed by atoms with Gasteiger partial charge >= 0.3 is 5.97 Å². The highest BCUT2D eigenvalue weighted by Gasteiger charge is 2.13. The first-order valence-corrected chi connectivity index (χ1v) is 7.75. The number of methoxy groups -OCH3 is 1. The molecule has 0 fully saturated rings. The highest BCUT2D eigenvalue weighted by molar-refractivity contribution is 6.09. The maximum absolute atomic E-state index is 12.2. The summed E-state index contributed by atoms with van der Waals surface area (Å²) in [4.78, 5) is 27.1. The second-order valence-electron chi connectivity index (χ2n) is 5.39. The van der Waals surface area contributed by atoms with Gasteiger partial charge in [0.15, 0.2) is 6.61 Å². The van der Waals surface area contributed by atoms with Crippen molar-refractivity contribution in [3.63, 3.8) is 0 Å². The molecule has 3 aromatic rings. The van der Waals surface area contributed by atoms with Gasteiger partial charge in [0, 0.05) is 28.7 Å². The van der Waals surface area contributed by atoms with E-state index in [1.807, 2.05) is 42.5 Å². The topological polar surface area (TPSA) is 68.4 Å². The van der Waals surface area contributed by atoms with E-state index < -0.39 is 5.97 Å². The second-order valence-corrected chi connectivity index (χ2v) is 5.39. The van der Waals surface area contributed by atoms with Gasteiger partial charge in [0.1, 0.15) is 5.75 Å². The normalized spacial score (nSPS) is 10.9. The molecule has 1 aromatic heterocycles. The van der Waals surface area contributed by atoms with Crippen LogP contribution >= 0.6 is 0 Å². The summed E-state index contributed by atoms with van der Waals surface area (Å²) in [6.07, 6.45) is 4.53. The fourth-order valence-electron chi connectivity index (χ4n) is 2.47. The van der Waals surface area contributed by atoms with Crippen LogP contribution in [0.2, 0.25) is 0 Å². The third kappa shape index (κ3) is 3.95. The fraction of sp³-hybridized carbons (Fsp3) is 0.100. The van der Waals surface area contributed by atoms with E-state index in [1.165, 1.54) is 6.08 Å². The molecule has 0 atom stereocenters. The van der Waals surface area contributed by atoms with Crippen LogP contribution in [0.4, 0.5) is 0 Å². The predicted molar refractivity (Wildman–Crippen MR) is 95.6 cm³/mol. The summed E-state index contributed by atoms with van der Waals surface area (Å²) in [5.74, 6) is -0.123. The number of aromatic nitrogens is 1. The Morgan fingerprint density at radius 2 is 1.96 bits per heavy atom. The number of carbonyl (C=O) groups excluding carboxylic acids is 2. The van der Waals surface area contributed by atoms with Crippen molar-refractivity contribution in [2.24, 2.45) is 0 Å². The van der Waals surface area contributed by atoms with Gasteiger partial charge in [0.2, 0.25) is 5.78 Å². The van der Waals surface area contributed by atoms with Gasteiger partial charge in [-0.2, -0.15) is 0 Å². The van der Waals surface area contributed by atoms with Gasteiger partial charge < -0.3 is 14.5 Å². The van der Waals surface area contributed by atoms with Crippen LogP contribution < -0.4 is 4.74 Å². The number of para-hydroxylation sites is 1. The summed E-state index contributed by atoms with van der Waals surface area (Å²) in [6, 6.07) is 14.7. The molecule has 0 radical (unpaired) electrons. The Balaban J connectivity index is 1.60. The number of ether oxygens (including phenoxy) is 2. The Labute approximate surface area is 144 Å². The molecule has 0 spiro atoms. The van der Waals surface area contributed by atoms with Gasteiger partial charge in [-0.15, -0.1) is 0 Å². The molecule has 0 amide bonds. The standard InChI is InChI=1S/C20H17NO4/c1-24-15-6-4-5-14(11-15)9-10-20(23)25-13-19(22)17-12-21-18-8-3-2-7-16(17)18/h2-12,21H,13H2,1H3/b10-9+. The van der Waals surface area contributed by atoms with Crippen LogP contribution in [-0.2, 0) is 9.53 Å². The number of H-pyrrole nitrogens is 1. The van der Waals surface area contributed by atoms with Gasteiger partial charge in [-0.1, -0.05) is 30.3 Å². The minimum atomic E-state index is -0.573. The van der Waals surface area contributed by atoms with Crippen LogP contribution in [-0.4, -0.2) is 30.5 Å². The highest BCUT2D eigenvalue weighted by Crippen LogP contribution is 2.18. The Kier molecular flexibility index (Phi) is 4.95. The van der Waals surface area contributed by atoms with Gasteiger partial charge in [0.05, 0.1) is 7.11 Å². The van der Waals surface area contributed by atoms with Crippen molar-refractivity contribution in [3.8, 4) is 5.75 Å². The van der Waals surface area contributed by atoms with E-state index in [9.17, 15) is 9.59 Å². The SMILES string of the molecule is COc1cccc(/C=C/C(=O)OCC(=O)c2c[nH]c3ccccc23)c1. The number of hydrogen-bond acceptors (Lipinski definition) is 4. The highest BCUT2D eigenvalue weighted by atomic mass is 16.5. The second kappa shape index (κ2) is 7.49. The van der Waals surface area contributed by atoms with E-state index in [1.54, 1.807) is 25.4 Å². The molecule has 0 bridgehead atoms. The van der Waals surface area contributed by atoms with Crippen molar-refractivity contribution in [1.29, 1.82) is 0 Å². The molecule has 5 nitrogen and oxygen atoms in total. The van der Waals surface area contributed by atoms with E-state index >= 15 is 0 Å². The third-order valence-electron chi connectivity index (χ3n) is 3.74. The number of aromatic amines is 1. The van der Waals surface area contributed by atoms with Crippen molar-refractivity contribution >= 4 is 28.7 Å². The van der Waals surface area contributed by atoms with E-state index in [0.717, 1.165) is 16.5 Å². The zero-order valence-corrected chi connectivity index (χ0v) is 13.7. The van der Waals surface area contributed by atoms with Crippen molar-refractivity contribution in [3.05, 3.63) is 71.9 Å². The summed E-state index contributed by atoms with van der Waals surface area (Å²) < 4.78 is 10.2. The molecule has 0 aliphatic rings. The number of rotatable bonds is 6. The molecule has 25 heavy (non-hydrogen) atoms. The Morgan fingerprint density at radius 1 is 1.12 bits per heavy atom. The summed E-state index contributed by atoms with van der Waals surface area (Å²) in [5, 5.41) is 0.815. The lowest BCUT2D eigenvalue weighted by Crippen LogP contribution is -2.12. The molecule has 0 saturated heterocycles. The lowest BCUT2D eigenvalue weighted by Gasteiger charge is -2.02. The molecule has 5 heteroatoms. The van der Waals surface area contributed by atoms with Gasteiger partial charge in [-0.25, -0.2) is 4.79 Å².